The van der Waals surface area contributed by atoms with E-state index in [-0.39, 0.29) is 6.07 Å². The third kappa shape index (κ3) is 5.02. The Balaban J connectivity index is 3.21. The minimum Gasteiger partial charge on any atom is -0.318 e. The summed E-state index contributed by atoms with van der Waals surface area (Å²) in [6.45, 7) is 5.61. The third-order valence-corrected chi connectivity index (χ3v) is 3.71. The molecule has 0 bridgehead atoms. The van der Waals surface area contributed by atoms with Gasteiger partial charge in [0.15, 0.2) is 0 Å². The van der Waals surface area contributed by atoms with Crippen LogP contribution in [0.1, 0.15) is 44.7 Å². The summed E-state index contributed by atoms with van der Waals surface area (Å²) >= 11 is 0. The van der Waals surface area contributed by atoms with Gasteiger partial charge < -0.3 is 5.43 Å². The highest BCUT2D eigenvalue weighted by Gasteiger charge is 2.38. The molecule has 8 heteroatoms. The molecular weight excluding hydrogens is 322 g/mol. The highest BCUT2D eigenvalue weighted by atomic mass is 19.4. The van der Waals surface area contributed by atoms with Crippen molar-refractivity contribution in [1.82, 2.24) is 5.01 Å². The summed E-state index contributed by atoms with van der Waals surface area (Å²) in [6.07, 6.45) is -8.19. The van der Waals surface area contributed by atoms with Crippen LogP contribution in [0.3, 0.4) is 0 Å². The predicted molar refractivity (Wildman–Crippen MR) is 76.8 cm³/mol. The molecule has 0 aliphatic carbocycles. The van der Waals surface area contributed by atoms with Gasteiger partial charge in [0.1, 0.15) is 0 Å². The number of hydrogen-bond acceptors (Lipinski definition) is 2. The zero-order valence-electron chi connectivity index (χ0n) is 13.4. The zero-order valence-corrected chi connectivity index (χ0v) is 13.4. The summed E-state index contributed by atoms with van der Waals surface area (Å²) in [6, 6.07) is 1.57. The predicted octanol–water partition coefficient (Wildman–Crippen LogP) is 5.56. The van der Waals surface area contributed by atoms with E-state index in [1.165, 1.54) is 5.01 Å². The van der Waals surface area contributed by atoms with Gasteiger partial charge in [-0.05, 0) is 38.5 Å². The van der Waals surface area contributed by atoms with Crippen molar-refractivity contribution in [3.63, 3.8) is 0 Å². The number of hydrogen-bond donors (Lipinski definition) is 1. The maximum atomic E-state index is 13.1. The monoisotopic (exact) mass is 342 g/mol. The van der Waals surface area contributed by atoms with Crippen molar-refractivity contribution in [2.24, 2.45) is 0 Å². The largest absolute Gasteiger partial charge is 0.418 e. The molecular formula is C15H20F6N2. The van der Waals surface area contributed by atoms with Gasteiger partial charge in [0.25, 0.3) is 0 Å². The number of alkyl halides is 6. The number of nitrogens with one attached hydrogen (secondary N) is 1. The van der Waals surface area contributed by atoms with Crippen LogP contribution in [0.2, 0.25) is 0 Å². The van der Waals surface area contributed by atoms with Gasteiger partial charge in [-0.15, -0.1) is 0 Å². The summed E-state index contributed by atoms with van der Waals surface area (Å²) in [4.78, 5) is 0. The lowest BCUT2D eigenvalue weighted by Crippen LogP contribution is -2.45. The first kappa shape index (κ1) is 19.6. The minimum atomic E-state index is -4.89. The van der Waals surface area contributed by atoms with Crippen LogP contribution in [-0.4, -0.2) is 17.6 Å². The van der Waals surface area contributed by atoms with Gasteiger partial charge in [0.2, 0.25) is 0 Å². The maximum absolute atomic E-state index is 13.1. The van der Waals surface area contributed by atoms with Gasteiger partial charge in [0, 0.05) is 12.6 Å². The average molecular weight is 342 g/mol. The highest BCUT2D eigenvalue weighted by molar-refractivity contribution is 5.54. The van der Waals surface area contributed by atoms with Gasteiger partial charge in [-0.3, -0.25) is 0 Å². The summed E-state index contributed by atoms with van der Waals surface area (Å²) < 4.78 is 77.2. The molecule has 0 unspecified atom stereocenters. The molecule has 0 aromatic heterocycles. The van der Waals surface area contributed by atoms with Crippen LogP contribution in [0.4, 0.5) is 32.0 Å². The molecule has 1 aromatic carbocycles. The van der Waals surface area contributed by atoms with E-state index in [0.29, 0.717) is 12.5 Å². The summed E-state index contributed by atoms with van der Waals surface area (Å²) in [5.41, 5.74) is -0.966. The lowest BCUT2D eigenvalue weighted by Gasteiger charge is -2.37. The van der Waals surface area contributed by atoms with Crippen molar-refractivity contribution < 1.29 is 26.3 Å². The molecule has 0 spiro atoms. The molecule has 0 fully saturated rings. The SMILES string of the molecule is CCCC(C)(C)N(C)Nc1ccc(C(F)(F)F)cc1C(F)(F)F. The fraction of sp³-hybridized carbons (Fsp3) is 0.600. The van der Waals surface area contributed by atoms with Gasteiger partial charge in [0.05, 0.1) is 16.8 Å². The number of anilines is 1. The Kier molecular flexibility index (Phi) is 5.61. The van der Waals surface area contributed by atoms with E-state index in [2.05, 4.69) is 5.43 Å². The zero-order chi connectivity index (χ0) is 18.1. The summed E-state index contributed by atoms with van der Waals surface area (Å²) in [5, 5.41) is 1.48. The Hall–Kier alpha value is -1.44. The molecule has 1 N–H and O–H groups in total. The van der Waals surface area contributed by atoms with Crippen LogP contribution >= 0.6 is 0 Å². The Labute approximate surface area is 131 Å². The normalized spacial score (nSPS) is 13.5. The third-order valence-electron chi connectivity index (χ3n) is 3.71. The molecule has 0 radical (unpaired) electrons. The smallest absolute Gasteiger partial charge is 0.318 e. The lowest BCUT2D eigenvalue weighted by molar-refractivity contribution is -0.142. The van der Waals surface area contributed by atoms with E-state index < -0.39 is 34.7 Å². The molecule has 0 saturated heterocycles. The number of halogens is 6. The highest BCUT2D eigenvalue weighted by Crippen LogP contribution is 2.39. The van der Waals surface area contributed by atoms with Crippen LogP contribution in [0.25, 0.3) is 0 Å². The van der Waals surface area contributed by atoms with E-state index in [9.17, 15) is 26.3 Å². The number of hydrazine groups is 1. The molecule has 2 nitrogen and oxygen atoms in total. The summed E-state index contributed by atoms with van der Waals surface area (Å²) in [5.74, 6) is 0. The van der Waals surface area contributed by atoms with Crippen LogP contribution < -0.4 is 5.43 Å². The maximum Gasteiger partial charge on any atom is 0.418 e. The molecule has 0 amide bonds. The van der Waals surface area contributed by atoms with Gasteiger partial charge in [-0.1, -0.05) is 13.3 Å². The quantitative estimate of drug-likeness (QED) is 0.556. The first-order chi connectivity index (χ1) is 10.3. The fourth-order valence-corrected chi connectivity index (χ4v) is 2.16. The van der Waals surface area contributed by atoms with Gasteiger partial charge in [-0.2, -0.15) is 26.3 Å². The molecule has 0 aliphatic rings. The van der Waals surface area contributed by atoms with Crippen molar-refractivity contribution in [2.75, 3.05) is 12.5 Å². The molecule has 1 rings (SSSR count). The molecule has 0 heterocycles. The van der Waals surface area contributed by atoms with Crippen LogP contribution in [0.5, 0.6) is 0 Å². The van der Waals surface area contributed by atoms with Crippen molar-refractivity contribution in [2.45, 2.75) is 51.5 Å². The van der Waals surface area contributed by atoms with E-state index in [4.69, 9.17) is 0 Å². The molecule has 1 aromatic rings. The summed E-state index contributed by atoms with van der Waals surface area (Å²) in [7, 11) is 1.56. The first-order valence-corrected chi connectivity index (χ1v) is 7.08. The van der Waals surface area contributed by atoms with Crippen molar-refractivity contribution in [1.29, 1.82) is 0 Å². The first-order valence-electron chi connectivity index (χ1n) is 7.08. The Morgan fingerprint density at radius 1 is 1.00 bits per heavy atom. The van der Waals surface area contributed by atoms with Gasteiger partial charge >= 0.3 is 12.4 Å². The molecule has 23 heavy (non-hydrogen) atoms. The van der Waals surface area contributed by atoms with E-state index in [1.54, 1.807) is 7.05 Å². The molecule has 0 aliphatic heterocycles. The second-order valence-corrected chi connectivity index (χ2v) is 5.99. The van der Waals surface area contributed by atoms with E-state index in [0.717, 1.165) is 12.5 Å². The second kappa shape index (κ2) is 6.59. The van der Waals surface area contributed by atoms with Crippen LogP contribution in [-0.2, 0) is 12.4 Å². The minimum absolute atomic E-state index is 0.128. The Morgan fingerprint density at radius 3 is 2.00 bits per heavy atom. The lowest BCUT2D eigenvalue weighted by atomic mass is 9.98. The fourth-order valence-electron chi connectivity index (χ4n) is 2.16. The molecule has 0 saturated carbocycles. The molecule has 0 atom stereocenters. The Morgan fingerprint density at radius 2 is 1.57 bits per heavy atom. The van der Waals surface area contributed by atoms with Crippen molar-refractivity contribution >= 4 is 5.69 Å². The second-order valence-electron chi connectivity index (χ2n) is 5.99. The topological polar surface area (TPSA) is 15.3 Å². The van der Waals surface area contributed by atoms with E-state index in [1.807, 2.05) is 20.8 Å². The van der Waals surface area contributed by atoms with Crippen molar-refractivity contribution in [3.05, 3.63) is 29.3 Å². The Bertz CT molecular complexity index is 534. The number of nitrogens with zero attached hydrogens (tertiary/aromatic N) is 1. The standard InChI is InChI=1S/C15H20F6N2/c1-5-8-13(2,3)23(4)22-12-7-6-10(14(16,17)18)9-11(12)15(19,20)21/h6-7,9,22H,5,8H2,1-4H3. The average Bonchev–Trinajstić information content (AvgIpc) is 2.36. The van der Waals surface area contributed by atoms with Crippen LogP contribution in [0, 0.1) is 0 Å². The van der Waals surface area contributed by atoms with E-state index >= 15 is 0 Å². The number of benzene rings is 1. The van der Waals surface area contributed by atoms with Gasteiger partial charge in [-0.25, -0.2) is 5.01 Å². The molecule has 132 valence electrons. The van der Waals surface area contributed by atoms with Crippen molar-refractivity contribution in [3.8, 4) is 0 Å². The number of rotatable bonds is 5. The van der Waals surface area contributed by atoms with Crippen LogP contribution in [0.15, 0.2) is 18.2 Å².